The maximum atomic E-state index is 12.7. The van der Waals surface area contributed by atoms with E-state index in [1.807, 2.05) is 19.9 Å². The number of carbonyl (C=O) groups excluding carboxylic acids is 1. The zero-order valence-corrected chi connectivity index (χ0v) is 12.8. The molecule has 0 fully saturated rings. The molecule has 0 radical (unpaired) electrons. The van der Waals surface area contributed by atoms with Crippen LogP contribution in [0.3, 0.4) is 0 Å². The van der Waals surface area contributed by atoms with E-state index in [0.29, 0.717) is 27.6 Å². The average molecular weight is 291 g/mol. The number of ether oxygens (including phenoxy) is 2. The van der Waals surface area contributed by atoms with Crippen LogP contribution in [0.5, 0.6) is 11.5 Å². The minimum atomic E-state index is -0.102. The lowest BCUT2D eigenvalue weighted by molar-refractivity contribution is 0.104. The number of hydrogen-bond acceptors (Lipinski definition) is 5. The lowest BCUT2D eigenvalue weighted by Crippen LogP contribution is -2.07. The van der Waals surface area contributed by atoms with Crippen molar-refractivity contribution in [3.8, 4) is 11.5 Å². The van der Waals surface area contributed by atoms with E-state index in [9.17, 15) is 4.79 Å². The van der Waals surface area contributed by atoms with Gasteiger partial charge in [-0.15, -0.1) is 11.3 Å². The number of anilines is 1. The molecule has 0 atom stereocenters. The number of rotatable bonds is 4. The largest absolute Gasteiger partial charge is 0.497 e. The fourth-order valence-electron chi connectivity index (χ4n) is 2.07. The number of hydrogen-bond donors (Lipinski definition) is 1. The van der Waals surface area contributed by atoms with Crippen molar-refractivity contribution in [2.75, 3.05) is 20.0 Å². The highest BCUT2D eigenvalue weighted by Gasteiger charge is 2.20. The van der Waals surface area contributed by atoms with Crippen LogP contribution in [-0.2, 0) is 0 Å². The van der Waals surface area contributed by atoms with Gasteiger partial charge in [0.05, 0.1) is 30.3 Å². The Labute approximate surface area is 122 Å². The third-order valence-electron chi connectivity index (χ3n) is 3.06. The van der Waals surface area contributed by atoms with Crippen LogP contribution in [0.25, 0.3) is 0 Å². The molecule has 4 nitrogen and oxygen atoms in total. The standard InChI is InChI=1S/C15H17NO3S/c1-8-5-9(2)20-15(8)14(17)11-6-10(18-3)7-12(19-4)13(11)16/h5-7H,16H2,1-4H3. The Bertz CT molecular complexity index is 661. The quantitative estimate of drug-likeness (QED) is 0.694. The van der Waals surface area contributed by atoms with E-state index in [1.165, 1.54) is 18.4 Å². The number of aryl methyl sites for hydroxylation is 2. The molecule has 2 rings (SSSR count). The first-order valence-corrected chi connectivity index (χ1v) is 6.92. The minimum absolute atomic E-state index is 0.102. The molecule has 1 aromatic carbocycles. The third kappa shape index (κ3) is 2.49. The van der Waals surface area contributed by atoms with Crippen molar-refractivity contribution in [3.63, 3.8) is 0 Å². The van der Waals surface area contributed by atoms with Gasteiger partial charge in [-0.05, 0) is 31.5 Å². The van der Waals surface area contributed by atoms with Crippen LogP contribution in [0, 0.1) is 13.8 Å². The van der Waals surface area contributed by atoms with E-state index >= 15 is 0 Å². The Hall–Kier alpha value is -2.01. The zero-order chi connectivity index (χ0) is 14.9. The highest BCUT2D eigenvalue weighted by Crippen LogP contribution is 2.34. The molecule has 0 aliphatic carbocycles. The van der Waals surface area contributed by atoms with Gasteiger partial charge in [-0.2, -0.15) is 0 Å². The lowest BCUT2D eigenvalue weighted by atomic mass is 10.0. The molecule has 2 N–H and O–H groups in total. The first-order valence-electron chi connectivity index (χ1n) is 6.11. The number of carbonyl (C=O) groups is 1. The molecule has 2 aromatic rings. The predicted octanol–water partition coefficient (Wildman–Crippen LogP) is 3.20. The summed E-state index contributed by atoms with van der Waals surface area (Å²) in [6.45, 7) is 3.90. The Balaban J connectivity index is 2.56. The first kappa shape index (κ1) is 14.4. The smallest absolute Gasteiger partial charge is 0.205 e. The van der Waals surface area contributed by atoms with Gasteiger partial charge < -0.3 is 15.2 Å². The van der Waals surface area contributed by atoms with Gasteiger partial charge in [-0.3, -0.25) is 4.79 Å². The van der Waals surface area contributed by atoms with Gasteiger partial charge in [-0.25, -0.2) is 0 Å². The van der Waals surface area contributed by atoms with Crippen LogP contribution in [-0.4, -0.2) is 20.0 Å². The van der Waals surface area contributed by atoms with E-state index in [1.54, 1.807) is 19.2 Å². The van der Waals surface area contributed by atoms with Crippen LogP contribution < -0.4 is 15.2 Å². The molecule has 5 heteroatoms. The summed E-state index contributed by atoms with van der Waals surface area (Å²) in [6.07, 6.45) is 0. The Morgan fingerprint density at radius 3 is 2.35 bits per heavy atom. The summed E-state index contributed by atoms with van der Waals surface area (Å²) >= 11 is 1.47. The molecule has 20 heavy (non-hydrogen) atoms. The number of thiophene rings is 1. The molecule has 1 aromatic heterocycles. The van der Waals surface area contributed by atoms with Crippen molar-refractivity contribution in [1.82, 2.24) is 0 Å². The monoisotopic (exact) mass is 291 g/mol. The summed E-state index contributed by atoms with van der Waals surface area (Å²) in [4.78, 5) is 14.5. The average Bonchev–Trinajstić information content (AvgIpc) is 2.77. The van der Waals surface area contributed by atoms with Crippen LogP contribution in [0.15, 0.2) is 18.2 Å². The molecule has 0 spiro atoms. The van der Waals surface area contributed by atoms with Crippen molar-refractivity contribution in [3.05, 3.63) is 39.1 Å². The second-order valence-electron chi connectivity index (χ2n) is 4.49. The Morgan fingerprint density at radius 1 is 1.15 bits per heavy atom. The van der Waals surface area contributed by atoms with E-state index in [4.69, 9.17) is 15.2 Å². The molecule has 0 aliphatic rings. The lowest BCUT2D eigenvalue weighted by Gasteiger charge is -2.11. The van der Waals surface area contributed by atoms with Gasteiger partial charge in [0.2, 0.25) is 5.78 Å². The predicted molar refractivity (Wildman–Crippen MR) is 81.2 cm³/mol. The molecule has 0 saturated carbocycles. The van der Waals surface area contributed by atoms with Crippen molar-refractivity contribution in [1.29, 1.82) is 0 Å². The summed E-state index contributed by atoms with van der Waals surface area (Å²) < 4.78 is 10.4. The summed E-state index contributed by atoms with van der Waals surface area (Å²) in [6, 6.07) is 5.30. The van der Waals surface area contributed by atoms with Crippen molar-refractivity contribution < 1.29 is 14.3 Å². The van der Waals surface area contributed by atoms with E-state index in [0.717, 1.165) is 10.4 Å². The van der Waals surface area contributed by atoms with E-state index in [-0.39, 0.29) is 5.78 Å². The fraction of sp³-hybridized carbons (Fsp3) is 0.267. The van der Waals surface area contributed by atoms with E-state index < -0.39 is 0 Å². The molecule has 0 aliphatic heterocycles. The molecule has 0 unspecified atom stereocenters. The highest BCUT2D eigenvalue weighted by atomic mass is 32.1. The minimum Gasteiger partial charge on any atom is -0.497 e. The Morgan fingerprint density at radius 2 is 1.85 bits per heavy atom. The van der Waals surface area contributed by atoms with Gasteiger partial charge in [0.1, 0.15) is 11.5 Å². The SMILES string of the molecule is COc1cc(OC)c(N)c(C(=O)c2sc(C)cc2C)c1. The summed E-state index contributed by atoms with van der Waals surface area (Å²) in [5, 5.41) is 0. The van der Waals surface area contributed by atoms with Gasteiger partial charge in [0, 0.05) is 10.9 Å². The number of nitrogens with two attached hydrogens (primary N) is 1. The third-order valence-corrected chi connectivity index (χ3v) is 4.21. The first-order chi connectivity index (χ1) is 9.47. The zero-order valence-electron chi connectivity index (χ0n) is 11.9. The molecule has 0 saturated heterocycles. The van der Waals surface area contributed by atoms with Gasteiger partial charge in [0.15, 0.2) is 0 Å². The maximum absolute atomic E-state index is 12.7. The topological polar surface area (TPSA) is 61.6 Å². The summed E-state index contributed by atoms with van der Waals surface area (Å²) in [7, 11) is 3.06. The van der Waals surface area contributed by atoms with Gasteiger partial charge in [0.25, 0.3) is 0 Å². The molecule has 1 heterocycles. The summed E-state index contributed by atoms with van der Waals surface area (Å²) in [5.41, 5.74) is 7.72. The molecule has 0 bridgehead atoms. The van der Waals surface area contributed by atoms with Crippen molar-refractivity contribution in [2.45, 2.75) is 13.8 Å². The van der Waals surface area contributed by atoms with E-state index in [2.05, 4.69) is 0 Å². The number of benzene rings is 1. The number of nitrogen functional groups attached to an aromatic ring is 1. The summed E-state index contributed by atoms with van der Waals surface area (Å²) in [5.74, 6) is 0.888. The second-order valence-corrected chi connectivity index (χ2v) is 5.75. The number of methoxy groups -OCH3 is 2. The van der Waals surface area contributed by atoms with Crippen LogP contribution in [0.2, 0.25) is 0 Å². The van der Waals surface area contributed by atoms with Gasteiger partial charge >= 0.3 is 0 Å². The maximum Gasteiger partial charge on any atom is 0.205 e. The molecular weight excluding hydrogens is 274 g/mol. The highest BCUT2D eigenvalue weighted by molar-refractivity contribution is 7.14. The molecular formula is C15H17NO3S. The van der Waals surface area contributed by atoms with Crippen molar-refractivity contribution in [2.24, 2.45) is 0 Å². The normalized spacial score (nSPS) is 10.4. The molecule has 106 valence electrons. The van der Waals surface area contributed by atoms with Crippen LogP contribution in [0.4, 0.5) is 5.69 Å². The molecule has 0 amide bonds. The number of ketones is 1. The fourth-order valence-corrected chi connectivity index (χ4v) is 3.05. The second kappa shape index (κ2) is 5.54. The van der Waals surface area contributed by atoms with Crippen LogP contribution in [0.1, 0.15) is 25.7 Å². The van der Waals surface area contributed by atoms with Gasteiger partial charge in [-0.1, -0.05) is 0 Å². The van der Waals surface area contributed by atoms with Crippen molar-refractivity contribution >= 4 is 22.8 Å². The van der Waals surface area contributed by atoms with Crippen LogP contribution >= 0.6 is 11.3 Å². The Kier molecular flexibility index (Phi) is 3.99.